The lowest BCUT2D eigenvalue weighted by Crippen LogP contribution is -2.30. The van der Waals surface area contributed by atoms with Gasteiger partial charge in [-0.1, -0.05) is 171 Å². The van der Waals surface area contributed by atoms with Gasteiger partial charge in [-0.25, -0.2) is 19.2 Å². The van der Waals surface area contributed by atoms with Gasteiger partial charge >= 0.3 is 23.9 Å². The Morgan fingerprint density at radius 1 is 0.441 bits per heavy atom. The largest absolute Gasteiger partial charge is 0.462 e. The van der Waals surface area contributed by atoms with Crippen molar-refractivity contribution in [2.24, 2.45) is 23.7 Å². The Kier molecular flexibility index (Phi) is 24.4. The third-order valence-electron chi connectivity index (χ3n) is 12.3. The van der Waals surface area contributed by atoms with Gasteiger partial charge in [-0.05, 0) is 72.6 Å². The fraction of sp³-hybridized carbons (Fsp3) is 0.686. The molecule has 0 aliphatic rings. The lowest BCUT2D eigenvalue weighted by molar-refractivity contribution is 0.0377. The molecular formula is C51H80O8. The highest BCUT2D eigenvalue weighted by atomic mass is 16.5. The Bertz CT molecular complexity index is 1450. The van der Waals surface area contributed by atoms with Crippen molar-refractivity contribution in [2.75, 3.05) is 26.4 Å². The van der Waals surface area contributed by atoms with Crippen LogP contribution in [0.2, 0.25) is 0 Å². The van der Waals surface area contributed by atoms with Gasteiger partial charge in [-0.2, -0.15) is 0 Å². The molecule has 2 aromatic carbocycles. The van der Waals surface area contributed by atoms with Crippen molar-refractivity contribution in [1.82, 2.24) is 0 Å². The normalized spacial score (nSPS) is 13.6. The summed E-state index contributed by atoms with van der Waals surface area (Å²) in [5.41, 5.74) is 0.308. The lowest BCUT2D eigenvalue weighted by Gasteiger charge is -2.31. The van der Waals surface area contributed by atoms with E-state index < -0.39 is 29.3 Å². The van der Waals surface area contributed by atoms with Gasteiger partial charge in [0.2, 0.25) is 0 Å². The van der Waals surface area contributed by atoms with E-state index in [0.29, 0.717) is 11.1 Å². The number of ether oxygens (including phenoxy) is 4. The Balaban J connectivity index is 2.80. The van der Waals surface area contributed by atoms with Gasteiger partial charge in [0.15, 0.2) is 0 Å². The number of carbonyl (C=O) groups is 4. The molecule has 0 bridgehead atoms. The molecule has 4 atom stereocenters. The highest BCUT2D eigenvalue weighted by molar-refractivity contribution is 6.06. The minimum Gasteiger partial charge on any atom is -0.462 e. The molecule has 59 heavy (non-hydrogen) atoms. The summed E-state index contributed by atoms with van der Waals surface area (Å²) in [7, 11) is 0. The lowest BCUT2D eigenvalue weighted by atomic mass is 9.72. The van der Waals surface area contributed by atoms with Gasteiger partial charge in [0, 0.05) is 5.41 Å². The van der Waals surface area contributed by atoms with E-state index in [1.807, 2.05) is 13.8 Å². The molecule has 332 valence electrons. The van der Waals surface area contributed by atoms with Crippen LogP contribution in [-0.4, -0.2) is 50.3 Å². The maximum absolute atomic E-state index is 14.4. The summed E-state index contributed by atoms with van der Waals surface area (Å²) < 4.78 is 24.0. The monoisotopic (exact) mass is 821 g/mol. The molecule has 0 spiro atoms. The second kappa shape index (κ2) is 28.0. The van der Waals surface area contributed by atoms with Crippen LogP contribution >= 0.6 is 0 Å². The third kappa shape index (κ3) is 16.0. The Labute approximate surface area is 358 Å². The zero-order valence-corrected chi connectivity index (χ0v) is 38.7. The fourth-order valence-electron chi connectivity index (χ4n) is 7.74. The first-order valence-electron chi connectivity index (χ1n) is 23.3. The van der Waals surface area contributed by atoms with Crippen LogP contribution in [0.15, 0.2) is 36.4 Å². The standard InChI is InChI=1S/C51H80O8/c1-11-19-25-37(15-5)33-56-47(52)41-29-23-31-43(45(41)49(54)58-35-39(17-7)27-21-13-3)51(9,10)44-32-24-30-42(48(53)57-34-38(16-6)26-20-12-2)46(44)50(55)59-36-40(18-8)28-22-14-4/h23-24,29-32,37-40H,11-22,25-28,33-36H2,1-10H3. The van der Waals surface area contributed by atoms with E-state index in [0.717, 1.165) is 103 Å². The molecule has 8 heteroatoms. The second-order valence-corrected chi connectivity index (χ2v) is 17.1. The average Bonchev–Trinajstić information content (AvgIpc) is 3.25. The molecule has 0 N–H and O–H groups in total. The van der Waals surface area contributed by atoms with Crippen LogP contribution in [0.1, 0.15) is 225 Å². The van der Waals surface area contributed by atoms with E-state index in [-0.39, 0.29) is 72.4 Å². The number of hydrogen-bond acceptors (Lipinski definition) is 8. The summed E-state index contributed by atoms with van der Waals surface area (Å²) in [6.45, 7) is 21.7. The summed E-state index contributed by atoms with van der Waals surface area (Å²) in [6, 6.07) is 10.3. The molecule has 2 aromatic rings. The molecule has 0 aliphatic carbocycles. The van der Waals surface area contributed by atoms with Gasteiger partial charge in [0.25, 0.3) is 0 Å². The third-order valence-corrected chi connectivity index (χ3v) is 12.3. The zero-order valence-electron chi connectivity index (χ0n) is 38.7. The van der Waals surface area contributed by atoms with Crippen molar-refractivity contribution < 1.29 is 38.1 Å². The van der Waals surface area contributed by atoms with Crippen LogP contribution in [-0.2, 0) is 24.4 Å². The van der Waals surface area contributed by atoms with Crippen molar-refractivity contribution in [3.8, 4) is 0 Å². The molecule has 0 amide bonds. The van der Waals surface area contributed by atoms with Gasteiger partial charge in [-0.15, -0.1) is 0 Å². The van der Waals surface area contributed by atoms with Gasteiger partial charge in [0.05, 0.1) is 48.7 Å². The molecule has 0 saturated carbocycles. The predicted octanol–water partition coefficient (Wildman–Crippen LogP) is 13.5. The van der Waals surface area contributed by atoms with Crippen molar-refractivity contribution in [3.63, 3.8) is 0 Å². The van der Waals surface area contributed by atoms with Crippen molar-refractivity contribution in [3.05, 3.63) is 69.8 Å². The molecule has 0 aliphatic heterocycles. The molecule has 0 saturated heterocycles. The van der Waals surface area contributed by atoms with Crippen LogP contribution in [0, 0.1) is 23.7 Å². The van der Waals surface area contributed by atoms with E-state index in [1.165, 1.54) is 0 Å². The van der Waals surface area contributed by atoms with Gasteiger partial charge in [0.1, 0.15) is 0 Å². The number of benzene rings is 2. The molecule has 8 nitrogen and oxygen atoms in total. The number of carbonyl (C=O) groups excluding carboxylic acids is 4. The Morgan fingerprint density at radius 3 is 0.966 bits per heavy atom. The quantitative estimate of drug-likeness (QED) is 0.0567. The zero-order chi connectivity index (χ0) is 43.8. The number of esters is 4. The summed E-state index contributed by atoms with van der Waals surface area (Å²) in [4.78, 5) is 57.0. The average molecular weight is 821 g/mol. The van der Waals surface area contributed by atoms with Crippen molar-refractivity contribution >= 4 is 23.9 Å². The summed E-state index contributed by atoms with van der Waals surface area (Å²) in [5.74, 6) is -1.64. The highest BCUT2D eigenvalue weighted by Crippen LogP contribution is 2.39. The van der Waals surface area contributed by atoms with Crippen LogP contribution in [0.5, 0.6) is 0 Å². The second-order valence-electron chi connectivity index (χ2n) is 17.1. The molecule has 2 rings (SSSR count). The molecule has 0 heterocycles. The maximum atomic E-state index is 14.4. The van der Waals surface area contributed by atoms with E-state index in [9.17, 15) is 19.2 Å². The summed E-state index contributed by atoms with van der Waals surface area (Å²) in [6.07, 6.45) is 15.6. The molecule has 0 fully saturated rings. The van der Waals surface area contributed by atoms with Crippen LogP contribution < -0.4 is 0 Å². The van der Waals surface area contributed by atoms with Crippen molar-refractivity contribution in [2.45, 2.75) is 177 Å². The minimum atomic E-state index is -1.10. The predicted molar refractivity (Wildman–Crippen MR) is 239 cm³/mol. The van der Waals surface area contributed by atoms with Crippen LogP contribution in [0.4, 0.5) is 0 Å². The number of rotatable bonds is 30. The smallest absolute Gasteiger partial charge is 0.339 e. The molecule has 4 unspecified atom stereocenters. The van der Waals surface area contributed by atoms with E-state index in [4.69, 9.17) is 18.9 Å². The Morgan fingerprint density at radius 2 is 0.712 bits per heavy atom. The molecule has 0 aromatic heterocycles. The maximum Gasteiger partial charge on any atom is 0.339 e. The first kappa shape index (κ1) is 51.5. The SMILES string of the molecule is CCCCC(CC)COC(=O)c1cccc(C(C)(C)c2cccc(C(=O)OCC(CC)CCCC)c2C(=O)OCC(CC)CCCC)c1C(=O)OCC(CC)CCCC. The molecule has 0 radical (unpaired) electrons. The number of hydrogen-bond donors (Lipinski definition) is 0. The summed E-state index contributed by atoms with van der Waals surface area (Å²) >= 11 is 0. The minimum absolute atomic E-state index is 0.106. The fourth-order valence-corrected chi connectivity index (χ4v) is 7.74. The van der Waals surface area contributed by atoms with Crippen LogP contribution in [0.3, 0.4) is 0 Å². The van der Waals surface area contributed by atoms with E-state index in [1.54, 1.807) is 36.4 Å². The Hall–Kier alpha value is -3.68. The number of unbranched alkanes of at least 4 members (excludes halogenated alkanes) is 4. The van der Waals surface area contributed by atoms with E-state index in [2.05, 4.69) is 55.4 Å². The first-order chi connectivity index (χ1) is 28.4. The molecular weight excluding hydrogens is 741 g/mol. The first-order valence-corrected chi connectivity index (χ1v) is 23.3. The van der Waals surface area contributed by atoms with Gasteiger partial charge < -0.3 is 18.9 Å². The van der Waals surface area contributed by atoms with Crippen LogP contribution in [0.25, 0.3) is 0 Å². The highest BCUT2D eigenvalue weighted by Gasteiger charge is 2.37. The van der Waals surface area contributed by atoms with Crippen molar-refractivity contribution in [1.29, 1.82) is 0 Å². The topological polar surface area (TPSA) is 105 Å². The summed E-state index contributed by atoms with van der Waals surface area (Å²) in [5, 5.41) is 0. The van der Waals surface area contributed by atoms with Gasteiger partial charge in [-0.3, -0.25) is 0 Å². The van der Waals surface area contributed by atoms with E-state index >= 15 is 0 Å².